The van der Waals surface area contributed by atoms with Gasteiger partial charge < -0.3 is 5.32 Å². The first-order valence-electron chi connectivity index (χ1n) is 9.20. The summed E-state index contributed by atoms with van der Waals surface area (Å²) < 4.78 is 64.5. The minimum atomic E-state index is -4.26. The topological polar surface area (TPSA) is 109 Å². The van der Waals surface area contributed by atoms with E-state index >= 15 is 0 Å². The highest BCUT2D eigenvalue weighted by molar-refractivity contribution is 7.90. The van der Waals surface area contributed by atoms with Crippen LogP contribution in [0, 0.1) is 11.7 Å². The standard InChI is InChI=1S/C20H25FN2O5S2/c1-13(2)19(23-30(27,28)18-8-6-5-7-17(18)21)20(24)22-14(3)15-9-11-16(12-10-15)29(4,25)26/h5-14,19,23H,1-4H3,(H,22,24)/t14?,19-/m0/s1. The first-order chi connectivity index (χ1) is 13.8. The first kappa shape index (κ1) is 24.0. The van der Waals surface area contributed by atoms with E-state index in [-0.39, 0.29) is 4.90 Å². The number of sulfonamides is 1. The van der Waals surface area contributed by atoms with Crippen LogP contribution in [-0.2, 0) is 24.7 Å². The van der Waals surface area contributed by atoms with Gasteiger partial charge in [0.15, 0.2) is 9.84 Å². The van der Waals surface area contributed by atoms with Crippen molar-refractivity contribution in [3.63, 3.8) is 0 Å². The number of rotatable bonds is 8. The van der Waals surface area contributed by atoms with E-state index < -0.39 is 54.5 Å². The average molecular weight is 457 g/mol. The van der Waals surface area contributed by atoms with E-state index in [4.69, 9.17) is 0 Å². The number of halogens is 1. The fourth-order valence-corrected chi connectivity index (χ4v) is 4.83. The van der Waals surface area contributed by atoms with Gasteiger partial charge in [0.05, 0.1) is 10.9 Å². The van der Waals surface area contributed by atoms with Crippen LogP contribution < -0.4 is 10.0 Å². The van der Waals surface area contributed by atoms with Crippen LogP contribution in [0.4, 0.5) is 4.39 Å². The van der Waals surface area contributed by atoms with Crippen molar-refractivity contribution in [2.75, 3.05) is 6.26 Å². The summed E-state index contributed by atoms with van der Waals surface area (Å²) in [6, 6.07) is 9.31. The molecule has 2 rings (SSSR count). The van der Waals surface area contributed by atoms with E-state index in [0.29, 0.717) is 5.56 Å². The fourth-order valence-electron chi connectivity index (χ4n) is 2.78. The summed E-state index contributed by atoms with van der Waals surface area (Å²) >= 11 is 0. The Hall–Kier alpha value is -2.30. The molecule has 0 fully saturated rings. The molecule has 1 unspecified atom stereocenters. The third kappa shape index (κ3) is 5.87. The number of hydrogen-bond donors (Lipinski definition) is 2. The van der Waals surface area contributed by atoms with Crippen LogP contribution in [0.25, 0.3) is 0 Å². The van der Waals surface area contributed by atoms with Gasteiger partial charge in [-0.2, -0.15) is 4.72 Å². The molecule has 0 bridgehead atoms. The molecule has 2 atom stereocenters. The maximum Gasteiger partial charge on any atom is 0.244 e. The molecule has 0 aliphatic heterocycles. The Morgan fingerprint density at radius 3 is 2.00 bits per heavy atom. The number of benzene rings is 2. The van der Waals surface area contributed by atoms with Crippen molar-refractivity contribution >= 4 is 25.8 Å². The minimum absolute atomic E-state index is 0.155. The highest BCUT2D eigenvalue weighted by Crippen LogP contribution is 2.18. The lowest BCUT2D eigenvalue weighted by Crippen LogP contribution is -2.50. The van der Waals surface area contributed by atoms with Gasteiger partial charge in [0.1, 0.15) is 16.8 Å². The maximum atomic E-state index is 13.9. The number of amides is 1. The SMILES string of the molecule is CC(NC(=O)[C@@H](NS(=O)(=O)c1ccccc1F)C(C)C)c1ccc(S(C)(=O)=O)cc1. The largest absolute Gasteiger partial charge is 0.348 e. The van der Waals surface area contributed by atoms with Gasteiger partial charge >= 0.3 is 0 Å². The summed E-state index contributed by atoms with van der Waals surface area (Å²) in [6.45, 7) is 5.02. The van der Waals surface area contributed by atoms with E-state index in [0.717, 1.165) is 18.4 Å². The molecule has 7 nitrogen and oxygen atoms in total. The van der Waals surface area contributed by atoms with Crippen LogP contribution in [-0.4, -0.2) is 35.0 Å². The van der Waals surface area contributed by atoms with Crippen molar-refractivity contribution in [2.45, 2.75) is 42.6 Å². The molecule has 164 valence electrons. The zero-order chi connectivity index (χ0) is 22.7. The summed E-state index contributed by atoms with van der Waals surface area (Å²) in [5.41, 5.74) is 0.648. The fraction of sp³-hybridized carbons (Fsp3) is 0.350. The molecule has 0 aliphatic rings. The van der Waals surface area contributed by atoms with Crippen LogP contribution in [0.2, 0.25) is 0 Å². The second kappa shape index (κ2) is 9.23. The predicted molar refractivity (Wildman–Crippen MR) is 111 cm³/mol. The molecular weight excluding hydrogens is 431 g/mol. The molecule has 10 heteroatoms. The molecule has 2 N–H and O–H groups in total. The number of carbonyl (C=O) groups excluding carboxylic acids is 1. The molecule has 0 radical (unpaired) electrons. The molecular formula is C20H25FN2O5S2. The molecule has 2 aromatic rings. The lowest BCUT2D eigenvalue weighted by molar-refractivity contribution is -0.124. The third-order valence-corrected chi connectivity index (χ3v) is 7.13. The van der Waals surface area contributed by atoms with Gasteiger partial charge in [-0.3, -0.25) is 4.79 Å². The van der Waals surface area contributed by atoms with Crippen LogP contribution in [0.1, 0.15) is 32.4 Å². The van der Waals surface area contributed by atoms with Crippen molar-refractivity contribution < 1.29 is 26.0 Å². The van der Waals surface area contributed by atoms with Gasteiger partial charge in [0, 0.05) is 6.26 Å². The highest BCUT2D eigenvalue weighted by Gasteiger charge is 2.30. The van der Waals surface area contributed by atoms with Gasteiger partial charge in [-0.25, -0.2) is 21.2 Å². The van der Waals surface area contributed by atoms with Gasteiger partial charge in [-0.05, 0) is 42.7 Å². The normalized spacial score (nSPS) is 14.3. The summed E-state index contributed by atoms with van der Waals surface area (Å²) in [5, 5.41) is 2.72. The quantitative estimate of drug-likeness (QED) is 0.634. The Morgan fingerprint density at radius 2 is 1.50 bits per heavy atom. The van der Waals surface area contributed by atoms with Crippen LogP contribution in [0.3, 0.4) is 0 Å². The molecule has 2 aromatic carbocycles. The van der Waals surface area contributed by atoms with Gasteiger partial charge in [0.25, 0.3) is 0 Å². The van der Waals surface area contributed by atoms with E-state index in [2.05, 4.69) is 10.0 Å². The van der Waals surface area contributed by atoms with Crippen molar-refractivity contribution in [3.8, 4) is 0 Å². The van der Waals surface area contributed by atoms with Crippen LogP contribution in [0.15, 0.2) is 58.3 Å². The van der Waals surface area contributed by atoms with E-state index in [1.54, 1.807) is 32.9 Å². The van der Waals surface area contributed by atoms with Crippen molar-refractivity contribution in [3.05, 3.63) is 59.9 Å². The number of carbonyl (C=O) groups is 1. The van der Waals surface area contributed by atoms with E-state index in [1.165, 1.54) is 24.3 Å². The van der Waals surface area contributed by atoms with E-state index in [9.17, 15) is 26.0 Å². The lowest BCUT2D eigenvalue weighted by atomic mass is 10.0. The molecule has 0 saturated heterocycles. The van der Waals surface area contributed by atoms with Gasteiger partial charge in [-0.15, -0.1) is 0 Å². The van der Waals surface area contributed by atoms with Gasteiger partial charge in [-0.1, -0.05) is 38.1 Å². The molecule has 0 aromatic heterocycles. The zero-order valence-electron chi connectivity index (χ0n) is 17.1. The summed E-state index contributed by atoms with van der Waals surface area (Å²) in [6.07, 6.45) is 1.10. The average Bonchev–Trinajstić information content (AvgIpc) is 2.65. The van der Waals surface area contributed by atoms with Crippen LogP contribution >= 0.6 is 0 Å². The third-order valence-electron chi connectivity index (χ3n) is 4.52. The Balaban J connectivity index is 2.18. The van der Waals surface area contributed by atoms with Gasteiger partial charge in [0.2, 0.25) is 15.9 Å². The van der Waals surface area contributed by atoms with Crippen molar-refractivity contribution in [1.82, 2.24) is 10.0 Å². The molecule has 0 spiro atoms. The molecule has 30 heavy (non-hydrogen) atoms. The maximum absolute atomic E-state index is 13.9. The van der Waals surface area contributed by atoms with E-state index in [1.807, 2.05) is 0 Å². The second-order valence-corrected chi connectivity index (χ2v) is 11.0. The number of sulfone groups is 1. The van der Waals surface area contributed by atoms with Crippen molar-refractivity contribution in [1.29, 1.82) is 0 Å². The Bertz CT molecular complexity index is 1110. The Labute approximate surface area is 176 Å². The van der Waals surface area contributed by atoms with Crippen LogP contribution in [0.5, 0.6) is 0 Å². The lowest BCUT2D eigenvalue weighted by Gasteiger charge is -2.24. The summed E-state index contributed by atoms with van der Waals surface area (Å²) in [5.74, 6) is -1.90. The smallest absolute Gasteiger partial charge is 0.244 e. The second-order valence-electron chi connectivity index (χ2n) is 7.34. The monoisotopic (exact) mass is 456 g/mol. The Kier molecular flexibility index (Phi) is 7.38. The highest BCUT2D eigenvalue weighted by atomic mass is 32.2. The predicted octanol–water partition coefficient (Wildman–Crippen LogP) is 2.41. The summed E-state index contributed by atoms with van der Waals surface area (Å²) in [4.78, 5) is 12.4. The molecule has 0 saturated carbocycles. The zero-order valence-corrected chi connectivity index (χ0v) is 18.7. The molecule has 0 heterocycles. The number of hydrogen-bond acceptors (Lipinski definition) is 5. The van der Waals surface area contributed by atoms with Crippen molar-refractivity contribution in [2.24, 2.45) is 5.92 Å². The minimum Gasteiger partial charge on any atom is -0.348 e. The first-order valence-corrected chi connectivity index (χ1v) is 12.6. The Morgan fingerprint density at radius 1 is 0.933 bits per heavy atom. The summed E-state index contributed by atoms with van der Waals surface area (Å²) in [7, 11) is -7.59. The molecule has 1 amide bonds. The number of nitrogens with one attached hydrogen (secondary N) is 2. The molecule has 0 aliphatic carbocycles.